The fourth-order valence-corrected chi connectivity index (χ4v) is 5.67. The average molecular weight is 514 g/mol. The maximum atomic E-state index is 9.28. The van der Waals surface area contributed by atoms with E-state index in [-0.39, 0.29) is 6.61 Å². The predicted molar refractivity (Wildman–Crippen MR) is 157 cm³/mol. The molecule has 3 aromatic carbocycles. The van der Waals surface area contributed by atoms with E-state index in [1.807, 2.05) is 12.1 Å². The molecule has 2 N–H and O–H groups in total. The monoisotopic (exact) mass is 513 g/mol. The fourth-order valence-electron chi connectivity index (χ4n) is 5.67. The van der Waals surface area contributed by atoms with Crippen molar-refractivity contribution in [2.45, 2.75) is 26.2 Å². The van der Waals surface area contributed by atoms with E-state index in [1.54, 1.807) is 14.2 Å². The second-order valence-corrected chi connectivity index (χ2v) is 10.4. The molecule has 1 fully saturated rings. The number of hydrogen-bond acceptors (Lipinski definition) is 5. The molecule has 200 valence electrons. The molecule has 4 aromatic rings. The third-order valence-corrected chi connectivity index (χ3v) is 7.66. The number of fused-ring (bicyclic) bond motifs is 1. The first-order valence-corrected chi connectivity index (χ1v) is 13.6. The largest absolute Gasteiger partial charge is 0.493 e. The van der Waals surface area contributed by atoms with E-state index in [0.717, 1.165) is 67.4 Å². The van der Waals surface area contributed by atoms with Gasteiger partial charge in [0.15, 0.2) is 11.5 Å². The summed E-state index contributed by atoms with van der Waals surface area (Å²) in [6, 6.07) is 21.8. The molecule has 1 aromatic heterocycles. The Kier molecular flexibility index (Phi) is 7.91. The molecule has 0 atom stereocenters. The first-order chi connectivity index (χ1) is 18.5. The number of aliphatic hydroxyl groups excluding tert-OH is 1. The lowest BCUT2D eigenvalue weighted by Gasteiger charge is -2.23. The maximum absolute atomic E-state index is 9.28. The number of benzene rings is 3. The van der Waals surface area contributed by atoms with Gasteiger partial charge in [0, 0.05) is 48.3 Å². The normalized spacial score (nSPS) is 14.7. The van der Waals surface area contributed by atoms with Crippen molar-refractivity contribution in [3.05, 3.63) is 66.2 Å². The number of β-amino-alcohol motifs (C(OH)–C–C–N with tert-alkyl or cyclic N) is 1. The van der Waals surface area contributed by atoms with E-state index in [2.05, 4.69) is 77.2 Å². The van der Waals surface area contributed by atoms with Gasteiger partial charge in [0.05, 0.1) is 26.5 Å². The number of aromatic amines is 1. The predicted octanol–water partition coefficient (Wildman–Crippen LogP) is 6.15. The van der Waals surface area contributed by atoms with E-state index >= 15 is 0 Å². The molecule has 1 aliphatic rings. The summed E-state index contributed by atoms with van der Waals surface area (Å²) in [4.78, 5) is 8.49. The van der Waals surface area contributed by atoms with Gasteiger partial charge in [-0.05, 0) is 78.0 Å². The standard InChI is InChI=1S/C32H39N3O3/c1-22(2)31-27-20-24(8-12-28(27)33-32(31)25-9-13-29(37-3)30(21-25)38-4)23-6-10-26(11-7-23)35-15-5-14-34(16-17-35)18-19-36/h6-13,20-22,33,36H,5,14-19H2,1-4H3. The topological polar surface area (TPSA) is 61.0 Å². The molecule has 6 heteroatoms. The Balaban J connectivity index is 1.45. The molecule has 0 unspecified atom stereocenters. The lowest BCUT2D eigenvalue weighted by Crippen LogP contribution is -2.32. The smallest absolute Gasteiger partial charge is 0.161 e. The summed E-state index contributed by atoms with van der Waals surface area (Å²) in [6.45, 7) is 9.57. The highest BCUT2D eigenvalue weighted by Gasteiger charge is 2.19. The Labute approximate surface area is 225 Å². The summed E-state index contributed by atoms with van der Waals surface area (Å²) < 4.78 is 11.0. The number of nitrogens with one attached hydrogen (secondary N) is 1. The molecular formula is C32H39N3O3. The van der Waals surface area contributed by atoms with Gasteiger partial charge in [-0.25, -0.2) is 0 Å². The van der Waals surface area contributed by atoms with Crippen molar-refractivity contribution in [3.8, 4) is 33.9 Å². The van der Waals surface area contributed by atoms with E-state index in [4.69, 9.17) is 9.47 Å². The van der Waals surface area contributed by atoms with Gasteiger partial charge in [0.2, 0.25) is 0 Å². The molecule has 1 saturated heterocycles. The summed E-state index contributed by atoms with van der Waals surface area (Å²) in [6.07, 6.45) is 1.12. The first-order valence-electron chi connectivity index (χ1n) is 13.6. The van der Waals surface area contributed by atoms with Crippen LogP contribution in [0.4, 0.5) is 5.69 Å². The highest BCUT2D eigenvalue weighted by molar-refractivity contribution is 5.94. The van der Waals surface area contributed by atoms with Crippen LogP contribution in [0, 0.1) is 0 Å². The van der Waals surface area contributed by atoms with Crippen LogP contribution in [0.25, 0.3) is 33.3 Å². The molecule has 0 amide bonds. The number of H-pyrrole nitrogens is 1. The van der Waals surface area contributed by atoms with E-state index < -0.39 is 0 Å². The molecular weight excluding hydrogens is 474 g/mol. The molecule has 0 radical (unpaired) electrons. The van der Waals surface area contributed by atoms with Gasteiger partial charge in [0.1, 0.15) is 0 Å². The van der Waals surface area contributed by atoms with Gasteiger partial charge in [0.25, 0.3) is 0 Å². The van der Waals surface area contributed by atoms with Gasteiger partial charge in [-0.1, -0.05) is 32.0 Å². The van der Waals surface area contributed by atoms with Crippen molar-refractivity contribution < 1.29 is 14.6 Å². The van der Waals surface area contributed by atoms with Crippen LogP contribution in [-0.2, 0) is 0 Å². The Morgan fingerprint density at radius 1 is 0.816 bits per heavy atom. The number of aromatic nitrogens is 1. The maximum Gasteiger partial charge on any atom is 0.161 e. The quantitative estimate of drug-likeness (QED) is 0.296. The summed E-state index contributed by atoms with van der Waals surface area (Å²) >= 11 is 0. The summed E-state index contributed by atoms with van der Waals surface area (Å²) in [5.41, 5.74) is 8.35. The zero-order valence-corrected chi connectivity index (χ0v) is 23.0. The van der Waals surface area contributed by atoms with E-state index in [9.17, 15) is 5.11 Å². The van der Waals surface area contributed by atoms with Gasteiger partial charge in [-0.15, -0.1) is 0 Å². The Morgan fingerprint density at radius 3 is 2.26 bits per heavy atom. The molecule has 38 heavy (non-hydrogen) atoms. The second-order valence-electron chi connectivity index (χ2n) is 10.4. The average Bonchev–Trinajstić information content (AvgIpc) is 3.18. The number of aliphatic hydroxyl groups is 1. The van der Waals surface area contributed by atoms with Crippen LogP contribution >= 0.6 is 0 Å². The van der Waals surface area contributed by atoms with Crippen LogP contribution in [-0.4, -0.2) is 68.5 Å². The number of nitrogens with zero attached hydrogens (tertiary/aromatic N) is 2. The third-order valence-electron chi connectivity index (χ3n) is 7.66. The molecule has 1 aliphatic heterocycles. The van der Waals surface area contributed by atoms with Crippen molar-refractivity contribution in [3.63, 3.8) is 0 Å². The zero-order chi connectivity index (χ0) is 26.6. The number of hydrogen-bond donors (Lipinski definition) is 2. The molecule has 0 bridgehead atoms. The van der Waals surface area contributed by atoms with Crippen molar-refractivity contribution >= 4 is 16.6 Å². The van der Waals surface area contributed by atoms with Gasteiger partial charge < -0.3 is 24.5 Å². The zero-order valence-electron chi connectivity index (χ0n) is 23.0. The highest BCUT2D eigenvalue weighted by atomic mass is 16.5. The molecule has 0 saturated carbocycles. The minimum atomic E-state index is 0.231. The van der Waals surface area contributed by atoms with Crippen molar-refractivity contribution in [1.29, 1.82) is 0 Å². The lowest BCUT2D eigenvalue weighted by atomic mass is 9.94. The second kappa shape index (κ2) is 11.5. The first kappa shape index (κ1) is 26.1. The summed E-state index contributed by atoms with van der Waals surface area (Å²) in [7, 11) is 3.33. The van der Waals surface area contributed by atoms with Crippen LogP contribution < -0.4 is 14.4 Å². The van der Waals surface area contributed by atoms with E-state index in [1.165, 1.54) is 27.8 Å². The molecule has 0 spiro atoms. The number of methoxy groups -OCH3 is 2. The van der Waals surface area contributed by atoms with Crippen LogP contribution in [0.3, 0.4) is 0 Å². The van der Waals surface area contributed by atoms with Crippen LogP contribution in [0.2, 0.25) is 0 Å². The van der Waals surface area contributed by atoms with Gasteiger partial charge in [-0.3, -0.25) is 4.90 Å². The van der Waals surface area contributed by atoms with Crippen LogP contribution in [0.15, 0.2) is 60.7 Å². The van der Waals surface area contributed by atoms with Gasteiger partial charge in [-0.2, -0.15) is 0 Å². The molecule has 0 aliphatic carbocycles. The van der Waals surface area contributed by atoms with Gasteiger partial charge >= 0.3 is 0 Å². The van der Waals surface area contributed by atoms with Crippen molar-refractivity contribution in [1.82, 2.24) is 9.88 Å². The van der Waals surface area contributed by atoms with E-state index in [0.29, 0.717) is 5.92 Å². The SMILES string of the molecule is COc1ccc(-c2[nH]c3ccc(-c4ccc(N5CCCN(CCO)CC5)cc4)cc3c2C(C)C)cc1OC. The minimum Gasteiger partial charge on any atom is -0.493 e. The van der Waals surface area contributed by atoms with Crippen molar-refractivity contribution in [2.75, 3.05) is 58.5 Å². The van der Waals surface area contributed by atoms with Crippen LogP contribution in [0.1, 0.15) is 31.7 Å². The number of ether oxygens (including phenoxy) is 2. The Hall–Kier alpha value is -3.48. The Bertz CT molecular complexity index is 1380. The third kappa shape index (κ3) is 5.24. The minimum absolute atomic E-state index is 0.231. The summed E-state index contributed by atoms with van der Waals surface area (Å²) in [5, 5.41) is 10.5. The number of rotatable bonds is 8. The molecule has 2 heterocycles. The molecule has 6 nitrogen and oxygen atoms in total. The number of anilines is 1. The summed E-state index contributed by atoms with van der Waals surface area (Å²) in [5.74, 6) is 1.80. The van der Waals surface area contributed by atoms with Crippen molar-refractivity contribution in [2.24, 2.45) is 0 Å². The van der Waals surface area contributed by atoms with Crippen LogP contribution in [0.5, 0.6) is 11.5 Å². The highest BCUT2D eigenvalue weighted by Crippen LogP contribution is 2.40. The Morgan fingerprint density at radius 2 is 1.55 bits per heavy atom. The fraction of sp³-hybridized carbons (Fsp3) is 0.375. The lowest BCUT2D eigenvalue weighted by molar-refractivity contribution is 0.204. The molecule has 5 rings (SSSR count).